The van der Waals surface area contributed by atoms with Crippen molar-refractivity contribution < 1.29 is 14.3 Å². The summed E-state index contributed by atoms with van der Waals surface area (Å²) in [5.41, 5.74) is 2.87. The standard InChI is InChI=1S/C24H27ClN4O3/c1-15(2)27-14-17(12-21(25)26)29-19-9-7-8-18(22(19)31-6)16-10-11-20(28-13-16)23(30)32-24(3,4)5/h7-14,26,29H,1H2,2-6H3/b17-12+,26-21?,27-14?. The highest BCUT2D eigenvalue weighted by Gasteiger charge is 2.19. The van der Waals surface area contributed by atoms with Gasteiger partial charge in [-0.2, -0.15) is 0 Å². The SMILES string of the molecule is C=C(C)N=C/C(=C\C(=N)Cl)Nc1cccc(-c2ccc(C(=O)OC(C)(C)C)nc2)c1OC. The molecular weight excluding hydrogens is 428 g/mol. The highest BCUT2D eigenvalue weighted by Crippen LogP contribution is 2.36. The van der Waals surface area contributed by atoms with Gasteiger partial charge in [-0.15, -0.1) is 0 Å². The van der Waals surface area contributed by atoms with E-state index in [2.05, 4.69) is 21.9 Å². The van der Waals surface area contributed by atoms with Gasteiger partial charge >= 0.3 is 5.97 Å². The molecular formula is C24H27ClN4O3. The summed E-state index contributed by atoms with van der Waals surface area (Å²) in [4.78, 5) is 20.6. The molecule has 0 saturated heterocycles. The lowest BCUT2D eigenvalue weighted by Gasteiger charge is -2.19. The van der Waals surface area contributed by atoms with Crippen molar-refractivity contribution in [2.45, 2.75) is 33.3 Å². The Hall–Kier alpha value is -3.45. The van der Waals surface area contributed by atoms with Crippen LogP contribution in [0.5, 0.6) is 5.75 Å². The van der Waals surface area contributed by atoms with Crippen molar-refractivity contribution in [2.75, 3.05) is 12.4 Å². The summed E-state index contributed by atoms with van der Waals surface area (Å²) in [5.74, 6) is 0.0663. The molecule has 168 valence electrons. The Morgan fingerprint density at radius 3 is 2.53 bits per heavy atom. The number of methoxy groups -OCH3 is 1. The Bertz CT molecular complexity index is 1070. The van der Waals surface area contributed by atoms with Gasteiger partial charge < -0.3 is 14.8 Å². The number of aliphatic imine (C=N–C) groups is 1. The molecule has 2 N–H and O–H groups in total. The normalized spacial score (nSPS) is 11.9. The molecule has 2 rings (SSSR count). The lowest BCUT2D eigenvalue weighted by molar-refractivity contribution is 0.00629. The van der Waals surface area contributed by atoms with E-state index in [1.165, 1.54) is 12.3 Å². The third kappa shape index (κ3) is 7.35. The van der Waals surface area contributed by atoms with E-state index >= 15 is 0 Å². The van der Waals surface area contributed by atoms with E-state index in [4.69, 9.17) is 26.5 Å². The Morgan fingerprint density at radius 1 is 1.28 bits per heavy atom. The lowest BCUT2D eigenvalue weighted by Crippen LogP contribution is -2.24. The van der Waals surface area contributed by atoms with Gasteiger partial charge in [0.2, 0.25) is 0 Å². The molecule has 0 aliphatic carbocycles. The number of esters is 1. The molecule has 1 aromatic heterocycles. The van der Waals surface area contributed by atoms with Crippen LogP contribution in [0.2, 0.25) is 0 Å². The van der Waals surface area contributed by atoms with Crippen LogP contribution in [0, 0.1) is 5.41 Å². The number of carbonyl (C=O) groups excluding carboxylic acids is 1. The highest BCUT2D eigenvalue weighted by molar-refractivity contribution is 6.67. The van der Waals surface area contributed by atoms with Gasteiger partial charge in [-0.25, -0.2) is 9.78 Å². The minimum atomic E-state index is -0.599. The van der Waals surface area contributed by atoms with Crippen molar-refractivity contribution in [2.24, 2.45) is 4.99 Å². The number of ether oxygens (including phenoxy) is 2. The summed E-state index contributed by atoms with van der Waals surface area (Å²) >= 11 is 5.74. The Morgan fingerprint density at radius 2 is 2.00 bits per heavy atom. The summed E-state index contributed by atoms with van der Waals surface area (Å²) < 4.78 is 11.0. The molecule has 0 aliphatic rings. The lowest BCUT2D eigenvalue weighted by atomic mass is 10.0. The first-order valence-electron chi connectivity index (χ1n) is 9.79. The number of allylic oxidation sites excluding steroid dienone is 3. The molecule has 0 aliphatic heterocycles. The van der Waals surface area contributed by atoms with Crippen LogP contribution in [-0.2, 0) is 4.74 Å². The highest BCUT2D eigenvalue weighted by atomic mass is 35.5. The molecule has 0 saturated carbocycles. The predicted octanol–water partition coefficient (Wildman–Crippen LogP) is 5.83. The molecule has 2 aromatic rings. The van der Waals surface area contributed by atoms with Crippen molar-refractivity contribution in [1.82, 2.24) is 4.98 Å². The molecule has 0 radical (unpaired) electrons. The fraction of sp³-hybridized carbons (Fsp3) is 0.250. The first-order chi connectivity index (χ1) is 15.0. The van der Waals surface area contributed by atoms with E-state index in [-0.39, 0.29) is 10.9 Å². The van der Waals surface area contributed by atoms with E-state index in [1.54, 1.807) is 53.1 Å². The smallest absolute Gasteiger partial charge is 0.357 e. The molecule has 7 nitrogen and oxygen atoms in total. The third-order valence-electron chi connectivity index (χ3n) is 3.89. The van der Waals surface area contributed by atoms with Crippen molar-refractivity contribution in [1.29, 1.82) is 5.41 Å². The number of hydrogen-bond donors (Lipinski definition) is 2. The minimum Gasteiger partial charge on any atom is -0.494 e. The number of carbonyl (C=O) groups is 1. The molecule has 0 bridgehead atoms. The second-order valence-corrected chi connectivity index (χ2v) is 8.29. The first-order valence-corrected chi connectivity index (χ1v) is 10.2. The molecule has 32 heavy (non-hydrogen) atoms. The maximum absolute atomic E-state index is 12.2. The Labute approximate surface area is 193 Å². The van der Waals surface area contributed by atoms with E-state index in [9.17, 15) is 4.79 Å². The van der Waals surface area contributed by atoms with Crippen molar-refractivity contribution in [3.05, 3.63) is 66.3 Å². The number of halogens is 1. The average Bonchev–Trinajstić information content (AvgIpc) is 2.70. The monoisotopic (exact) mass is 454 g/mol. The quantitative estimate of drug-likeness (QED) is 0.386. The van der Waals surface area contributed by atoms with E-state index in [0.29, 0.717) is 22.8 Å². The fourth-order valence-electron chi connectivity index (χ4n) is 2.66. The number of rotatable bonds is 8. The van der Waals surface area contributed by atoms with E-state index in [1.807, 2.05) is 18.2 Å². The fourth-order valence-corrected chi connectivity index (χ4v) is 2.78. The number of nitrogens with one attached hydrogen (secondary N) is 2. The van der Waals surface area contributed by atoms with Crippen LogP contribution < -0.4 is 10.1 Å². The molecule has 8 heteroatoms. The topological polar surface area (TPSA) is 96.7 Å². The van der Waals surface area contributed by atoms with Crippen LogP contribution in [-0.4, -0.2) is 35.0 Å². The van der Waals surface area contributed by atoms with Gasteiger partial charge in [0.15, 0.2) is 0 Å². The van der Waals surface area contributed by atoms with Crippen LogP contribution in [0.15, 0.2) is 65.6 Å². The summed E-state index contributed by atoms with van der Waals surface area (Å²) in [7, 11) is 1.56. The number of benzene rings is 1. The van der Waals surface area contributed by atoms with Crippen LogP contribution in [0.25, 0.3) is 11.1 Å². The van der Waals surface area contributed by atoms with Gasteiger partial charge in [0, 0.05) is 23.0 Å². The van der Waals surface area contributed by atoms with Crippen LogP contribution in [0.3, 0.4) is 0 Å². The number of anilines is 1. The molecule has 0 unspecified atom stereocenters. The molecule has 1 heterocycles. The molecule has 0 fully saturated rings. The van der Waals surface area contributed by atoms with Crippen molar-refractivity contribution in [3.63, 3.8) is 0 Å². The molecule has 0 amide bonds. The Kier molecular flexibility index (Phi) is 8.32. The maximum atomic E-state index is 12.2. The zero-order chi connectivity index (χ0) is 23.9. The second kappa shape index (κ2) is 10.7. The van der Waals surface area contributed by atoms with Crippen LogP contribution >= 0.6 is 11.6 Å². The van der Waals surface area contributed by atoms with E-state index < -0.39 is 11.6 Å². The van der Waals surface area contributed by atoms with E-state index in [0.717, 1.165) is 11.1 Å². The molecule has 0 spiro atoms. The minimum absolute atomic E-state index is 0.155. The zero-order valence-corrected chi connectivity index (χ0v) is 19.6. The van der Waals surface area contributed by atoms with Gasteiger partial charge in [-0.3, -0.25) is 10.4 Å². The number of hydrogen-bond acceptors (Lipinski definition) is 7. The van der Waals surface area contributed by atoms with Crippen molar-refractivity contribution in [3.8, 4) is 16.9 Å². The average molecular weight is 455 g/mol. The number of aromatic nitrogens is 1. The largest absolute Gasteiger partial charge is 0.494 e. The van der Waals surface area contributed by atoms with Crippen LogP contribution in [0.1, 0.15) is 38.2 Å². The molecule has 1 aromatic carbocycles. The predicted molar refractivity (Wildman–Crippen MR) is 130 cm³/mol. The van der Waals surface area contributed by atoms with Gasteiger partial charge in [0.1, 0.15) is 22.2 Å². The van der Waals surface area contributed by atoms with Gasteiger partial charge in [0.25, 0.3) is 0 Å². The van der Waals surface area contributed by atoms with Crippen molar-refractivity contribution >= 4 is 34.6 Å². The second-order valence-electron chi connectivity index (χ2n) is 7.89. The van der Waals surface area contributed by atoms with Gasteiger partial charge in [-0.05, 0) is 45.9 Å². The van der Waals surface area contributed by atoms with Crippen LogP contribution in [0.4, 0.5) is 5.69 Å². The number of nitrogens with zero attached hydrogens (tertiary/aromatic N) is 2. The Balaban J connectivity index is 2.39. The first kappa shape index (κ1) is 24.8. The molecule has 0 atom stereocenters. The summed E-state index contributed by atoms with van der Waals surface area (Å²) in [6.07, 6.45) is 4.55. The third-order valence-corrected chi connectivity index (χ3v) is 4.00. The number of pyridine rings is 1. The summed E-state index contributed by atoms with van der Waals surface area (Å²) in [6.45, 7) is 10.9. The summed E-state index contributed by atoms with van der Waals surface area (Å²) in [6, 6.07) is 8.94. The zero-order valence-electron chi connectivity index (χ0n) is 18.8. The summed E-state index contributed by atoms with van der Waals surface area (Å²) in [5, 5.41) is 10.6. The number of para-hydroxylation sites is 1. The maximum Gasteiger partial charge on any atom is 0.357 e. The van der Waals surface area contributed by atoms with Gasteiger partial charge in [-0.1, -0.05) is 36.4 Å². The van der Waals surface area contributed by atoms with Gasteiger partial charge in [0.05, 0.1) is 24.7 Å².